The number of para-hydroxylation sites is 1. The van der Waals surface area contributed by atoms with Crippen molar-refractivity contribution in [1.82, 2.24) is 5.32 Å². The van der Waals surface area contributed by atoms with Crippen LogP contribution in [0, 0.1) is 0 Å². The molecule has 0 aromatic heterocycles. The number of hydrogen-bond acceptors (Lipinski definition) is 2. The summed E-state index contributed by atoms with van der Waals surface area (Å²) < 4.78 is 0. The van der Waals surface area contributed by atoms with Gasteiger partial charge in [0.15, 0.2) is 0 Å². The van der Waals surface area contributed by atoms with Crippen LogP contribution in [0.2, 0.25) is 0 Å². The fourth-order valence-corrected chi connectivity index (χ4v) is 2.35. The number of hydrogen-bond donors (Lipinski definition) is 1. The van der Waals surface area contributed by atoms with Crippen molar-refractivity contribution in [3.8, 4) is 0 Å². The van der Waals surface area contributed by atoms with E-state index in [4.69, 9.17) is 0 Å². The predicted octanol–water partition coefficient (Wildman–Crippen LogP) is 3.86. The molecule has 0 saturated heterocycles. The fraction of sp³-hybridized carbons (Fsp3) is 0.333. The summed E-state index contributed by atoms with van der Waals surface area (Å²) in [7, 11) is 2.15. The summed E-state index contributed by atoms with van der Waals surface area (Å²) in [5.74, 6) is 0. The van der Waals surface area contributed by atoms with Crippen molar-refractivity contribution in [2.24, 2.45) is 0 Å². The van der Waals surface area contributed by atoms with Crippen LogP contribution < -0.4 is 10.2 Å². The van der Waals surface area contributed by atoms with E-state index >= 15 is 0 Å². The monoisotopic (exact) mass is 268 g/mol. The maximum absolute atomic E-state index is 3.64. The van der Waals surface area contributed by atoms with Crippen molar-refractivity contribution in [2.45, 2.75) is 19.4 Å². The van der Waals surface area contributed by atoms with E-state index in [0.717, 1.165) is 19.5 Å². The van der Waals surface area contributed by atoms with Gasteiger partial charge in [-0.3, -0.25) is 0 Å². The predicted molar refractivity (Wildman–Crippen MR) is 87.2 cm³/mol. The molecule has 2 rings (SSSR count). The number of nitrogens with one attached hydrogen (secondary N) is 1. The van der Waals surface area contributed by atoms with Gasteiger partial charge in [-0.05, 0) is 30.7 Å². The summed E-state index contributed by atoms with van der Waals surface area (Å²) in [6.07, 6.45) is 1.15. The molecule has 2 aromatic carbocycles. The van der Waals surface area contributed by atoms with Crippen LogP contribution in [-0.2, 0) is 0 Å². The van der Waals surface area contributed by atoms with Crippen LogP contribution in [0.3, 0.4) is 0 Å². The number of nitrogens with zero attached hydrogens (tertiary/aromatic N) is 1. The zero-order valence-corrected chi connectivity index (χ0v) is 12.4. The third-order valence-electron chi connectivity index (χ3n) is 3.50. The maximum Gasteiger partial charge on any atom is 0.0498 e. The van der Waals surface area contributed by atoms with Crippen LogP contribution in [0.5, 0.6) is 0 Å². The SMILES string of the molecule is CCCNC(CN(C)c1ccccc1)c1ccccc1. The molecule has 0 fully saturated rings. The van der Waals surface area contributed by atoms with Gasteiger partial charge in [-0.1, -0.05) is 55.5 Å². The zero-order valence-electron chi connectivity index (χ0n) is 12.4. The van der Waals surface area contributed by atoms with Crippen LogP contribution in [0.25, 0.3) is 0 Å². The Balaban J connectivity index is 2.08. The highest BCUT2D eigenvalue weighted by Crippen LogP contribution is 2.18. The summed E-state index contributed by atoms with van der Waals surface area (Å²) in [6, 6.07) is 21.6. The lowest BCUT2D eigenvalue weighted by Gasteiger charge is -2.27. The lowest BCUT2D eigenvalue weighted by molar-refractivity contribution is 0.530. The number of anilines is 1. The molecular weight excluding hydrogens is 244 g/mol. The van der Waals surface area contributed by atoms with Gasteiger partial charge in [0.25, 0.3) is 0 Å². The molecule has 0 heterocycles. The molecule has 106 valence electrons. The van der Waals surface area contributed by atoms with E-state index in [-0.39, 0.29) is 0 Å². The molecule has 0 saturated carbocycles. The van der Waals surface area contributed by atoms with E-state index in [1.54, 1.807) is 0 Å². The Morgan fingerprint density at radius 2 is 1.55 bits per heavy atom. The first-order chi connectivity index (χ1) is 9.81. The zero-order chi connectivity index (χ0) is 14.2. The topological polar surface area (TPSA) is 15.3 Å². The minimum Gasteiger partial charge on any atom is -0.373 e. The van der Waals surface area contributed by atoms with Crippen molar-refractivity contribution < 1.29 is 0 Å². The Bertz CT molecular complexity index is 481. The van der Waals surface area contributed by atoms with Gasteiger partial charge in [-0.25, -0.2) is 0 Å². The van der Waals surface area contributed by atoms with Crippen molar-refractivity contribution in [3.63, 3.8) is 0 Å². The highest BCUT2D eigenvalue weighted by Gasteiger charge is 2.13. The molecule has 0 aliphatic carbocycles. The van der Waals surface area contributed by atoms with Crippen LogP contribution in [0.15, 0.2) is 60.7 Å². The molecule has 0 aliphatic rings. The summed E-state index contributed by atoms with van der Waals surface area (Å²) in [5.41, 5.74) is 2.61. The van der Waals surface area contributed by atoms with Gasteiger partial charge < -0.3 is 10.2 Å². The largest absolute Gasteiger partial charge is 0.373 e. The molecular formula is C18H24N2. The molecule has 0 radical (unpaired) electrons. The first kappa shape index (κ1) is 14.6. The van der Waals surface area contributed by atoms with Crippen LogP contribution >= 0.6 is 0 Å². The van der Waals surface area contributed by atoms with Crippen LogP contribution in [-0.4, -0.2) is 20.1 Å². The number of likely N-dealkylation sites (N-methyl/N-ethyl adjacent to an activating group) is 1. The Morgan fingerprint density at radius 1 is 0.950 bits per heavy atom. The second-order valence-corrected chi connectivity index (χ2v) is 5.13. The summed E-state index contributed by atoms with van der Waals surface area (Å²) in [6.45, 7) is 4.21. The van der Waals surface area contributed by atoms with E-state index in [0.29, 0.717) is 6.04 Å². The Hall–Kier alpha value is -1.80. The Labute approximate surface area is 122 Å². The van der Waals surface area contributed by atoms with Gasteiger partial charge in [0.05, 0.1) is 0 Å². The van der Waals surface area contributed by atoms with Gasteiger partial charge in [-0.2, -0.15) is 0 Å². The smallest absolute Gasteiger partial charge is 0.0498 e. The molecule has 0 bridgehead atoms. The molecule has 1 N–H and O–H groups in total. The van der Waals surface area contributed by atoms with E-state index in [9.17, 15) is 0 Å². The van der Waals surface area contributed by atoms with Gasteiger partial charge in [0.2, 0.25) is 0 Å². The highest BCUT2D eigenvalue weighted by atomic mass is 15.1. The number of benzene rings is 2. The third kappa shape index (κ3) is 4.10. The molecule has 20 heavy (non-hydrogen) atoms. The van der Waals surface area contributed by atoms with Crippen molar-refractivity contribution in [3.05, 3.63) is 66.2 Å². The molecule has 0 spiro atoms. The maximum atomic E-state index is 3.64. The molecule has 0 amide bonds. The van der Waals surface area contributed by atoms with Crippen molar-refractivity contribution in [1.29, 1.82) is 0 Å². The Kier molecular flexibility index (Phi) is 5.63. The number of rotatable bonds is 7. The van der Waals surface area contributed by atoms with E-state index in [1.165, 1.54) is 11.3 Å². The Morgan fingerprint density at radius 3 is 2.15 bits per heavy atom. The lowest BCUT2D eigenvalue weighted by atomic mass is 10.1. The second-order valence-electron chi connectivity index (χ2n) is 5.13. The van der Waals surface area contributed by atoms with E-state index in [1.807, 2.05) is 0 Å². The van der Waals surface area contributed by atoms with Gasteiger partial charge in [0, 0.05) is 25.3 Å². The van der Waals surface area contributed by atoms with E-state index < -0.39 is 0 Å². The lowest BCUT2D eigenvalue weighted by Crippen LogP contribution is -2.33. The highest BCUT2D eigenvalue weighted by molar-refractivity contribution is 5.45. The summed E-state index contributed by atoms with van der Waals surface area (Å²) >= 11 is 0. The minimum atomic E-state index is 0.362. The molecule has 0 aliphatic heterocycles. The normalized spacial score (nSPS) is 12.1. The molecule has 1 unspecified atom stereocenters. The average molecular weight is 268 g/mol. The minimum absolute atomic E-state index is 0.362. The summed E-state index contributed by atoms with van der Waals surface area (Å²) in [4.78, 5) is 2.31. The van der Waals surface area contributed by atoms with E-state index in [2.05, 4.69) is 84.9 Å². The first-order valence-corrected chi connectivity index (χ1v) is 7.35. The summed E-state index contributed by atoms with van der Waals surface area (Å²) in [5, 5.41) is 3.64. The second kappa shape index (κ2) is 7.71. The van der Waals surface area contributed by atoms with Gasteiger partial charge in [0.1, 0.15) is 0 Å². The molecule has 2 nitrogen and oxygen atoms in total. The van der Waals surface area contributed by atoms with Crippen molar-refractivity contribution in [2.75, 3.05) is 25.0 Å². The first-order valence-electron chi connectivity index (χ1n) is 7.35. The molecule has 2 aromatic rings. The van der Waals surface area contributed by atoms with Gasteiger partial charge in [-0.15, -0.1) is 0 Å². The molecule has 2 heteroatoms. The fourth-order valence-electron chi connectivity index (χ4n) is 2.35. The quantitative estimate of drug-likeness (QED) is 0.820. The third-order valence-corrected chi connectivity index (χ3v) is 3.50. The molecule has 1 atom stereocenters. The standard InChI is InChI=1S/C18H24N2/c1-3-14-19-18(16-10-6-4-7-11-16)15-20(2)17-12-8-5-9-13-17/h4-13,18-19H,3,14-15H2,1-2H3. The average Bonchev–Trinajstić information content (AvgIpc) is 2.53. The van der Waals surface area contributed by atoms with Crippen LogP contribution in [0.4, 0.5) is 5.69 Å². The van der Waals surface area contributed by atoms with Gasteiger partial charge >= 0.3 is 0 Å². The van der Waals surface area contributed by atoms with Crippen molar-refractivity contribution >= 4 is 5.69 Å². The van der Waals surface area contributed by atoms with Crippen LogP contribution in [0.1, 0.15) is 24.9 Å².